The first kappa shape index (κ1) is 10.3. The maximum Gasteiger partial charge on any atom is 0.337 e. The highest BCUT2D eigenvalue weighted by atomic mass is 16.5. The minimum atomic E-state index is -1.02. The van der Waals surface area contributed by atoms with Gasteiger partial charge in [0.2, 0.25) is 0 Å². The molecule has 2 heterocycles. The second-order valence-corrected chi connectivity index (χ2v) is 4.24. The molecule has 1 aromatic rings. The molecule has 5 heteroatoms. The van der Waals surface area contributed by atoms with Crippen LogP contribution in [-0.2, 0) is 9.53 Å². The van der Waals surface area contributed by atoms with Gasteiger partial charge in [-0.05, 0) is 12.1 Å². The van der Waals surface area contributed by atoms with Crippen molar-refractivity contribution in [3.8, 4) is 0 Å². The van der Waals surface area contributed by atoms with Gasteiger partial charge >= 0.3 is 5.97 Å². The molecule has 5 nitrogen and oxygen atoms in total. The molecule has 0 radical (unpaired) electrons. The summed E-state index contributed by atoms with van der Waals surface area (Å²) in [5.74, 6) is -1.15. The van der Waals surface area contributed by atoms with Crippen LogP contribution < -0.4 is 4.90 Å². The van der Waals surface area contributed by atoms with Crippen molar-refractivity contribution in [2.24, 2.45) is 0 Å². The Morgan fingerprint density at radius 2 is 2.18 bits per heavy atom. The molecule has 2 unspecified atom stereocenters. The Morgan fingerprint density at radius 3 is 2.82 bits per heavy atom. The Balaban J connectivity index is 2.05. The lowest BCUT2D eigenvalue weighted by Gasteiger charge is -2.27. The Bertz CT molecular complexity index is 499. The molecule has 2 aliphatic heterocycles. The summed E-state index contributed by atoms with van der Waals surface area (Å²) in [7, 11) is 0. The van der Waals surface area contributed by atoms with E-state index in [9.17, 15) is 9.59 Å². The molecule has 0 aliphatic carbocycles. The van der Waals surface area contributed by atoms with Gasteiger partial charge in [0.1, 0.15) is 6.10 Å². The monoisotopic (exact) mass is 233 g/mol. The second-order valence-electron chi connectivity index (χ2n) is 4.24. The summed E-state index contributed by atoms with van der Waals surface area (Å²) in [6.07, 6.45) is 0.272. The zero-order chi connectivity index (χ0) is 12.0. The number of morpholine rings is 1. The van der Waals surface area contributed by atoms with E-state index in [0.29, 0.717) is 18.7 Å². The lowest BCUT2D eigenvalue weighted by molar-refractivity contribution is -0.128. The average molecular weight is 233 g/mol. The zero-order valence-corrected chi connectivity index (χ0v) is 9.00. The third-order valence-electron chi connectivity index (χ3n) is 3.25. The van der Waals surface area contributed by atoms with E-state index in [-0.39, 0.29) is 23.6 Å². The van der Waals surface area contributed by atoms with Crippen LogP contribution in [0, 0.1) is 0 Å². The lowest BCUT2D eigenvalue weighted by Crippen LogP contribution is -2.42. The number of carboxylic acids is 1. The molecule has 2 atom stereocenters. The number of fused-ring (bicyclic) bond motifs is 2. The van der Waals surface area contributed by atoms with Gasteiger partial charge in [-0.25, -0.2) is 4.79 Å². The van der Waals surface area contributed by atoms with Crippen LogP contribution in [-0.4, -0.2) is 35.7 Å². The summed E-state index contributed by atoms with van der Waals surface area (Å²) >= 11 is 0. The van der Waals surface area contributed by atoms with Crippen LogP contribution in [0.3, 0.4) is 0 Å². The fraction of sp³-hybridized carbons (Fsp3) is 0.333. The topological polar surface area (TPSA) is 66.8 Å². The molecule has 0 spiro atoms. The predicted molar refractivity (Wildman–Crippen MR) is 59.0 cm³/mol. The fourth-order valence-corrected chi connectivity index (χ4v) is 2.48. The van der Waals surface area contributed by atoms with Gasteiger partial charge in [-0.2, -0.15) is 0 Å². The van der Waals surface area contributed by atoms with Crippen LogP contribution in [0.25, 0.3) is 0 Å². The van der Waals surface area contributed by atoms with Gasteiger partial charge in [-0.3, -0.25) is 4.79 Å². The minimum Gasteiger partial charge on any atom is -0.478 e. The van der Waals surface area contributed by atoms with Gasteiger partial charge in [0.15, 0.2) is 0 Å². The smallest absolute Gasteiger partial charge is 0.337 e. The van der Waals surface area contributed by atoms with Crippen LogP contribution in [0.1, 0.15) is 16.8 Å². The van der Waals surface area contributed by atoms with Crippen molar-refractivity contribution in [2.75, 3.05) is 11.5 Å². The average Bonchev–Trinajstić information content (AvgIpc) is 2.89. The molecule has 1 amide bonds. The van der Waals surface area contributed by atoms with Crippen LogP contribution >= 0.6 is 0 Å². The number of carbonyl (C=O) groups is 2. The summed E-state index contributed by atoms with van der Waals surface area (Å²) in [4.78, 5) is 24.6. The molecule has 0 saturated carbocycles. The number of anilines is 1. The number of benzene rings is 1. The molecular formula is C12H11NO4. The third-order valence-corrected chi connectivity index (χ3v) is 3.25. The highest BCUT2D eigenvalue weighted by molar-refractivity contribution is 6.05. The van der Waals surface area contributed by atoms with Crippen molar-refractivity contribution in [3.63, 3.8) is 0 Å². The number of rotatable bonds is 2. The van der Waals surface area contributed by atoms with Crippen LogP contribution in [0.15, 0.2) is 24.3 Å². The van der Waals surface area contributed by atoms with Crippen LogP contribution in [0.5, 0.6) is 0 Å². The number of para-hydroxylation sites is 1. The van der Waals surface area contributed by atoms with E-state index < -0.39 is 5.97 Å². The number of hydrogen-bond donors (Lipinski definition) is 1. The first-order valence-corrected chi connectivity index (χ1v) is 5.45. The SMILES string of the molecule is O=C(O)c1ccccc1N1C(=O)C2CC1CO2. The molecule has 88 valence electrons. The third kappa shape index (κ3) is 1.43. The van der Waals surface area contributed by atoms with Gasteiger partial charge in [-0.1, -0.05) is 12.1 Å². The first-order valence-electron chi connectivity index (χ1n) is 5.45. The maximum atomic E-state index is 12.0. The van der Waals surface area contributed by atoms with Gasteiger partial charge in [0.05, 0.1) is 23.9 Å². The van der Waals surface area contributed by atoms with E-state index in [0.717, 1.165) is 0 Å². The molecule has 2 bridgehead atoms. The van der Waals surface area contributed by atoms with Gasteiger partial charge in [-0.15, -0.1) is 0 Å². The van der Waals surface area contributed by atoms with E-state index in [2.05, 4.69) is 0 Å². The normalized spacial score (nSPS) is 26.6. The van der Waals surface area contributed by atoms with E-state index in [1.165, 1.54) is 6.07 Å². The molecule has 2 fully saturated rings. The summed E-state index contributed by atoms with van der Waals surface area (Å²) in [5, 5.41) is 9.11. The van der Waals surface area contributed by atoms with Crippen molar-refractivity contribution in [1.82, 2.24) is 0 Å². The molecule has 17 heavy (non-hydrogen) atoms. The summed E-state index contributed by atoms with van der Waals surface area (Å²) < 4.78 is 5.28. The Kier molecular flexibility index (Phi) is 2.16. The fourth-order valence-electron chi connectivity index (χ4n) is 2.48. The number of amides is 1. The minimum absolute atomic E-state index is 0.0204. The van der Waals surface area contributed by atoms with Gasteiger partial charge in [0, 0.05) is 6.42 Å². The van der Waals surface area contributed by atoms with Crippen molar-refractivity contribution >= 4 is 17.6 Å². The quantitative estimate of drug-likeness (QED) is 0.823. The van der Waals surface area contributed by atoms with Crippen LogP contribution in [0.4, 0.5) is 5.69 Å². The van der Waals surface area contributed by atoms with Crippen molar-refractivity contribution in [3.05, 3.63) is 29.8 Å². The highest BCUT2D eigenvalue weighted by Gasteiger charge is 2.47. The largest absolute Gasteiger partial charge is 0.478 e. The van der Waals surface area contributed by atoms with Crippen molar-refractivity contribution in [2.45, 2.75) is 18.6 Å². The molecule has 2 aliphatic rings. The Hall–Kier alpha value is -1.88. The molecule has 1 N–H and O–H groups in total. The molecule has 1 aromatic carbocycles. The van der Waals surface area contributed by atoms with Crippen molar-refractivity contribution < 1.29 is 19.4 Å². The number of nitrogens with zero attached hydrogens (tertiary/aromatic N) is 1. The zero-order valence-electron chi connectivity index (χ0n) is 9.00. The van der Waals surface area contributed by atoms with Gasteiger partial charge in [0.25, 0.3) is 5.91 Å². The Labute approximate surface area is 97.6 Å². The van der Waals surface area contributed by atoms with Crippen LogP contribution in [0.2, 0.25) is 0 Å². The molecule has 2 saturated heterocycles. The number of ether oxygens (including phenoxy) is 1. The van der Waals surface area contributed by atoms with Crippen molar-refractivity contribution in [1.29, 1.82) is 0 Å². The number of hydrogen-bond acceptors (Lipinski definition) is 3. The Morgan fingerprint density at radius 1 is 1.41 bits per heavy atom. The van der Waals surface area contributed by atoms with Gasteiger partial charge < -0.3 is 14.7 Å². The summed E-state index contributed by atoms with van der Waals surface area (Å²) in [6, 6.07) is 6.55. The van der Waals surface area contributed by atoms with E-state index in [1.54, 1.807) is 23.1 Å². The summed E-state index contributed by atoms with van der Waals surface area (Å²) in [5.41, 5.74) is 0.634. The summed E-state index contributed by atoms with van der Waals surface area (Å²) in [6.45, 7) is 0.490. The van der Waals surface area contributed by atoms with E-state index >= 15 is 0 Å². The maximum absolute atomic E-state index is 12.0. The number of aromatic carboxylic acids is 1. The van der Waals surface area contributed by atoms with E-state index in [4.69, 9.17) is 9.84 Å². The predicted octanol–water partition coefficient (Wildman–Crippen LogP) is 0.889. The number of carbonyl (C=O) groups excluding carboxylic acids is 1. The van der Waals surface area contributed by atoms with E-state index in [1.807, 2.05) is 0 Å². The highest BCUT2D eigenvalue weighted by Crippen LogP contribution is 2.35. The first-order chi connectivity index (χ1) is 8.18. The molecule has 3 rings (SSSR count). The lowest BCUT2D eigenvalue weighted by atomic mass is 10.1. The second kappa shape index (κ2) is 3.56. The molecular weight excluding hydrogens is 222 g/mol. The standard InChI is InChI=1S/C12H11NO4/c14-11-10-5-7(6-17-10)13(11)9-4-2-1-3-8(9)12(15)16/h1-4,7,10H,5-6H2,(H,15,16). The number of carboxylic acid groups (broad SMARTS) is 1. The molecule has 0 aromatic heterocycles.